The van der Waals surface area contributed by atoms with Crippen molar-refractivity contribution in [2.75, 3.05) is 38.8 Å². The average molecular weight is 660 g/mol. The Morgan fingerprint density at radius 1 is 0.854 bits per heavy atom. The fourth-order valence-electron chi connectivity index (χ4n) is 4.69. The van der Waals surface area contributed by atoms with Crippen LogP contribution in [0, 0.1) is 6.92 Å². The number of rotatable bonds is 11. The monoisotopic (exact) mass is 659 g/mol. The third-order valence-corrected chi connectivity index (χ3v) is 7.64. The minimum Gasteiger partial charge on any atom is -0.497 e. The highest BCUT2D eigenvalue weighted by molar-refractivity contribution is 6.05. The standard InChI is InChI=1S/C34H41N7O7/c1-19(40(36)25-17-22(44-6)11-14-28(25)46-8)30(35)33(43)48-27-13-10-21(34(3,4)5)16-24(27)37-32(42)31-20(2)41(39-38-31)26-18-23(45-7)12-15-29(26)47-9/h10-18H,35-36H2,1-9H3,(H,37,42)/b30-19-. The highest BCUT2D eigenvalue weighted by atomic mass is 16.5. The fraction of sp³-hybridized carbons (Fsp3) is 0.294. The van der Waals surface area contributed by atoms with Gasteiger partial charge in [-0.05, 0) is 61.2 Å². The first-order valence-corrected chi connectivity index (χ1v) is 14.8. The molecule has 4 aromatic rings. The largest absolute Gasteiger partial charge is 0.497 e. The van der Waals surface area contributed by atoms with Gasteiger partial charge in [0.05, 0.1) is 45.5 Å². The summed E-state index contributed by atoms with van der Waals surface area (Å²) in [7, 11) is 6.08. The zero-order valence-electron chi connectivity index (χ0n) is 28.5. The molecule has 4 rings (SSSR count). The molecule has 0 aliphatic carbocycles. The van der Waals surface area contributed by atoms with Crippen molar-refractivity contribution in [1.82, 2.24) is 15.0 Å². The summed E-state index contributed by atoms with van der Waals surface area (Å²) in [6.45, 7) is 9.31. The van der Waals surface area contributed by atoms with Crippen molar-refractivity contribution in [2.45, 2.75) is 40.0 Å². The third kappa shape index (κ3) is 7.28. The molecule has 1 heterocycles. The van der Waals surface area contributed by atoms with Crippen molar-refractivity contribution >= 4 is 23.3 Å². The van der Waals surface area contributed by atoms with Crippen LogP contribution in [0.1, 0.15) is 49.4 Å². The zero-order valence-corrected chi connectivity index (χ0v) is 28.5. The molecule has 254 valence electrons. The van der Waals surface area contributed by atoms with E-state index in [0.717, 1.165) is 5.56 Å². The number of carbonyl (C=O) groups excluding carboxylic acids is 2. The molecule has 0 bridgehead atoms. The minimum atomic E-state index is -0.893. The van der Waals surface area contributed by atoms with Gasteiger partial charge in [-0.2, -0.15) is 0 Å². The van der Waals surface area contributed by atoms with E-state index in [0.29, 0.717) is 40.1 Å². The molecule has 14 heteroatoms. The number of esters is 1. The average Bonchev–Trinajstić information content (AvgIpc) is 3.47. The highest BCUT2D eigenvalue weighted by Crippen LogP contribution is 2.35. The number of amides is 1. The van der Waals surface area contributed by atoms with E-state index >= 15 is 0 Å². The van der Waals surface area contributed by atoms with Crippen molar-refractivity contribution in [1.29, 1.82) is 0 Å². The van der Waals surface area contributed by atoms with E-state index in [-0.39, 0.29) is 33.9 Å². The number of anilines is 2. The van der Waals surface area contributed by atoms with Crippen LogP contribution >= 0.6 is 0 Å². The first kappa shape index (κ1) is 35.1. The lowest BCUT2D eigenvalue weighted by molar-refractivity contribution is -0.130. The number of hydrazine groups is 1. The maximum absolute atomic E-state index is 13.7. The second-order valence-electron chi connectivity index (χ2n) is 11.7. The van der Waals surface area contributed by atoms with Gasteiger partial charge in [-0.25, -0.2) is 15.3 Å². The van der Waals surface area contributed by atoms with Crippen LogP contribution in [0.15, 0.2) is 66.0 Å². The van der Waals surface area contributed by atoms with Crippen LogP contribution < -0.4 is 45.6 Å². The molecule has 0 unspecified atom stereocenters. The number of carbonyl (C=O) groups is 2. The van der Waals surface area contributed by atoms with E-state index in [2.05, 4.69) is 15.6 Å². The first-order valence-electron chi connectivity index (χ1n) is 14.8. The molecule has 1 aromatic heterocycles. The van der Waals surface area contributed by atoms with Gasteiger partial charge in [0.1, 0.15) is 40.1 Å². The van der Waals surface area contributed by atoms with Gasteiger partial charge in [0.15, 0.2) is 11.4 Å². The molecule has 0 aliphatic rings. The SMILES string of the molecule is COc1ccc(OC)c(N(N)/C(C)=C(\N)C(=O)Oc2ccc(C(C)(C)C)cc2NC(=O)c2nnn(-c3cc(OC)ccc3OC)c2C)c1. The van der Waals surface area contributed by atoms with Gasteiger partial charge in [-0.15, -0.1) is 5.10 Å². The van der Waals surface area contributed by atoms with Gasteiger partial charge in [0.2, 0.25) is 0 Å². The summed E-state index contributed by atoms with van der Waals surface area (Å²) in [6, 6.07) is 15.3. The number of nitrogens with two attached hydrogens (primary N) is 2. The summed E-state index contributed by atoms with van der Waals surface area (Å²) in [5.74, 6) is 6.96. The predicted molar refractivity (Wildman–Crippen MR) is 181 cm³/mol. The topological polar surface area (TPSA) is 178 Å². The van der Waals surface area contributed by atoms with E-state index in [4.69, 9.17) is 35.3 Å². The molecule has 0 saturated heterocycles. The molecular formula is C34H41N7O7. The Labute approximate surface area is 279 Å². The minimum absolute atomic E-state index is 0.0413. The number of hydrogen-bond acceptors (Lipinski definition) is 12. The van der Waals surface area contributed by atoms with E-state index in [1.54, 1.807) is 75.6 Å². The van der Waals surface area contributed by atoms with Crippen LogP contribution in [0.25, 0.3) is 5.69 Å². The lowest BCUT2D eigenvalue weighted by Gasteiger charge is -2.24. The Hall–Kier alpha value is -5.76. The molecule has 0 radical (unpaired) electrons. The smallest absolute Gasteiger partial charge is 0.361 e. The Balaban J connectivity index is 1.67. The maximum atomic E-state index is 13.7. The molecule has 1 amide bonds. The van der Waals surface area contributed by atoms with Crippen LogP contribution in [-0.2, 0) is 10.2 Å². The lowest BCUT2D eigenvalue weighted by atomic mass is 9.87. The molecule has 0 atom stereocenters. The molecule has 0 spiro atoms. The van der Waals surface area contributed by atoms with Crippen LogP contribution in [0.5, 0.6) is 28.7 Å². The molecule has 0 aliphatic heterocycles. The molecular weight excluding hydrogens is 618 g/mol. The van der Waals surface area contributed by atoms with Crippen molar-refractivity contribution in [3.63, 3.8) is 0 Å². The predicted octanol–water partition coefficient (Wildman–Crippen LogP) is 4.64. The number of aromatic nitrogens is 3. The number of nitrogens with one attached hydrogen (secondary N) is 1. The van der Waals surface area contributed by atoms with Crippen LogP contribution in [0.3, 0.4) is 0 Å². The molecule has 3 aromatic carbocycles. The summed E-state index contributed by atoms with van der Waals surface area (Å²) in [4.78, 5) is 27.0. The van der Waals surface area contributed by atoms with Gasteiger partial charge in [-0.3, -0.25) is 9.80 Å². The summed E-state index contributed by atoms with van der Waals surface area (Å²) >= 11 is 0. The van der Waals surface area contributed by atoms with E-state index in [9.17, 15) is 9.59 Å². The van der Waals surface area contributed by atoms with Gasteiger partial charge in [0, 0.05) is 12.1 Å². The van der Waals surface area contributed by atoms with E-state index < -0.39 is 11.9 Å². The van der Waals surface area contributed by atoms with E-state index in [1.165, 1.54) is 31.0 Å². The zero-order chi connectivity index (χ0) is 35.3. The highest BCUT2D eigenvalue weighted by Gasteiger charge is 2.25. The van der Waals surface area contributed by atoms with Gasteiger partial charge >= 0.3 is 5.97 Å². The summed E-state index contributed by atoms with van der Waals surface area (Å²) < 4.78 is 28.8. The number of hydrogen-bond donors (Lipinski definition) is 3. The van der Waals surface area contributed by atoms with Crippen LogP contribution in [0.2, 0.25) is 0 Å². The molecule has 14 nitrogen and oxygen atoms in total. The first-order chi connectivity index (χ1) is 22.7. The number of ether oxygens (including phenoxy) is 5. The molecule has 0 saturated carbocycles. The van der Waals surface area contributed by atoms with Crippen molar-refractivity contribution < 1.29 is 33.3 Å². The quantitative estimate of drug-likeness (QED) is 0.0669. The Bertz CT molecular complexity index is 1860. The van der Waals surface area contributed by atoms with Crippen LogP contribution in [0.4, 0.5) is 11.4 Å². The van der Waals surface area contributed by atoms with Gasteiger partial charge in [0.25, 0.3) is 5.91 Å². The number of nitrogens with zero attached hydrogens (tertiary/aromatic N) is 4. The normalized spacial score (nSPS) is 11.7. The second-order valence-corrected chi connectivity index (χ2v) is 11.7. The molecule has 48 heavy (non-hydrogen) atoms. The second kappa shape index (κ2) is 14.3. The maximum Gasteiger partial charge on any atom is 0.361 e. The Morgan fingerprint density at radius 3 is 2.06 bits per heavy atom. The third-order valence-electron chi connectivity index (χ3n) is 7.64. The number of benzene rings is 3. The van der Waals surface area contributed by atoms with Crippen molar-refractivity contribution in [3.8, 4) is 34.4 Å². The van der Waals surface area contributed by atoms with Crippen molar-refractivity contribution in [2.24, 2.45) is 11.6 Å². The Kier molecular flexibility index (Phi) is 10.5. The summed E-state index contributed by atoms with van der Waals surface area (Å²) in [6.07, 6.45) is 0. The van der Waals surface area contributed by atoms with Crippen molar-refractivity contribution in [3.05, 3.63) is 82.9 Å². The molecule has 5 N–H and O–H groups in total. The summed E-state index contributed by atoms with van der Waals surface area (Å²) in [5, 5.41) is 12.4. The number of methoxy groups -OCH3 is 4. The fourth-order valence-corrected chi connectivity index (χ4v) is 4.69. The Morgan fingerprint density at radius 2 is 1.46 bits per heavy atom. The summed E-state index contributed by atoms with van der Waals surface area (Å²) in [5.41, 5.74) is 8.38. The van der Waals surface area contributed by atoms with E-state index in [1.807, 2.05) is 20.8 Å². The lowest BCUT2D eigenvalue weighted by Crippen LogP contribution is -2.34. The molecule has 0 fully saturated rings. The van der Waals surface area contributed by atoms with Crippen LogP contribution in [-0.4, -0.2) is 55.3 Å². The number of allylic oxidation sites excluding steroid dienone is 1. The van der Waals surface area contributed by atoms with Gasteiger partial charge in [-0.1, -0.05) is 32.1 Å². The van der Waals surface area contributed by atoms with Gasteiger partial charge < -0.3 is 34.7 Å².